The van der Waals surface area contributed by atoms with Gasteiger partial charge in [-0.05, 0) is 56.6 Å². The Morgan fingerprint density at radius 2 is 1.90 bits per heavy atom. The van der Waals surface area contributed by atoms with Crippen LogP contribution >= 0.6 is 11.3 Å². The fourth-order valence-corrected chi connectivity index (χ4v) is 9.36. The molecule has 52 heavy (non-hydrogen) atoms. The zero-order valence-corrected chi connectivity index (χ0v) is 31.3. The van der Waals surface area contributed by atoms with Gasteiger partial charge in [-0.2, -0.15) is 0 Å². The number of thiazole rings is 1. The van der Waals surface area contributed by atoms with E-state index in [9.17, 15) is 22.8 Å². The van der Waals surface area contributed by atoms with E-state index in [1.54, 1.807) is 12.1 Å². The van der Waals surface area contributed by atoms with Crippen LogP contribution in [0.2, 0.25) is 0 Å². The third-order valence-corrected chi connectivity index (χ3v) is 12.8. The highest BCUT2D eigenvalue weighted by Gasteiger charge is 2.61. The van der Waals surface area contributed by atoms with Crippen molar-refractivity contribution in [2.75, 3.05) is 13.7 Å². The van der Waals surface area contributed by atoms with Crippen LogP contribution in [-0.4, -0.2) is 66.7 Å². The number of sulfonamides is 1. The Labute approximate surface area is 307 Å². The molecule has 1 aromatic carbocycles. The molecule has 15 heteroatoms. The van der Waals surface area contributed by atoms with Gasteiger partial charge in [-0.15, -0.1) is 11.3 Å². The number of nitrogens with zero attached hydrogens (tertiary/aromatic N) is 2. The molecule has 1 aliphatic heterocycles. The lowest BCUT2D eigenvalue weighted by atomic mass is 10.1. The fourth-order valence-electron chi connectivity index (χ4n) is 6.86. The number of amides is 3. The van der Waals surface area contributed by atoms with Crippen molar-refractivity contribution in [2.24, 2.45) is 5.92 Å². The van der Waals surface area contributed by atoms with Gasteiger partial charge in [-0.25, -0.2) is 22.8 Å². The molecule has 2 aromatic heterocycles. The third-order valence-electron chi connectivity index (χ3n) is 10.1. The van der Waals surface area contributed by atoms with E-state index in [-0.39, 0.29) is 49.0 Å². The van der Waals surface area contributed by atoms with E-state index >= 15 is 4.39 Å². The second-order valence-corrected chi connectivity index (χ2v) is 17.0. The minimum absolute atomic E-state index is 0.00267. The second kappa shape index (κ2) is 15.9. The molecule has 0 saturated heterocycles. The topological polar surface area (TPSA) is 166 Å². The Morgan fingerprint density at radius 3 is 2.63 bits per heavy atom. The van der Waals surface area contributed by atoms with Crippen LogP contribution in [0.1, 0.15) is 96.1 Å². The summed E-state index contributed by atoms with van der Waals surface area (Å²) in [4.78, 5) is 49.9. The standard InChI is InChI=1S/C37H46FN5O7S2/c1-22(2)28-21-51-35(41-28)27-19-30(25-15-16-29(49-3)32(38)33(25)40-27)50-18-17-26-34(45)42-37(36(46)43-52(47,48)24-12-9-10-13-24)20-23(37)11-7-5-4-6-8-14-31(44)39-26/h7,11,15-16,19,21-24,26H,4-6,8-10,12-14,17-18,20H2,1-3H3,(H,39,44)(H,42,45)(H,43,46)/b11-7-/t23-,26+,37-/m1/s1. The van der Waals surface area contributed by atoms with Crippen LogP contribution in [0.15, 0.2) is 35.7 Å². The normalized spacial score (nSPS) is 23.7. The number of nitrogens with one attached hydrogen (secondary N) is 3. The molecule has 3 atom stereocenters. The molecule has 2 fully saturated rings. The van der Waals surface area contributed by atoms with Gasteiger partial charge in [0.1, 0.15) is 33.5 Å². The predicted octanol–water partition coefficient (Wildman–Crippen LogP) is 5.67. The van der Waals surface area contributed by atoms with Crippen molar-refractivity contribution in [3.8, 4) is 22.2 Å². The molecule has 0 spiro atoms. The van der Waals surface area contributed by atoms with Crippen molar-refractivity contribution in [1.29, 1.82) is 0 Å². The number of allylic oxidation sites excluding steroid dienone is 1. The number of carbonyl (C=O) groups is 3. The first-order chi connectivity index (χ1) is 24.9. The van der Waals surface area contributed by atoms with Gasteiger partial charge in [0.05, 0.1) is 24.7 Å². The highest BCUT2D eigenvalue weighted by Crippen LogP contribution is 2.46. The summed E-state index contributed by atoms with van der Waals surface area (Å²) in [7, 11) is -2.56. The predicted molar refractivity (Wildman–Crippen MR) is 196 cm³/mol. The Balaban J connectivity index is 1.25. The third kappa shape index (κ3) is 8.25. The smallest absolute Gasteiger partial charge is 0.259 e. The monoisotopic (exact) mass is 755 g/mol. The van der Waals surface area contributed by atoms with Crippen LogP contribution in [-0.2, 0) is 24.4 Å². The molecule has 2 aliphatic carbocycles. The number of hydrogen-bond donors (Lipinski definition) is 3. The molecular weight excluding hydrogens is 710 g/mol. The van der Waals surface area contributed by atoms with E-state index in [2.05, 4.69) is 25.3 Å². The van der Waals surface area contributed by atoms with Crippen molar-refractivity contribution >= 4 is 50.0 Å². The van der Waals surface area contributed by atoms with Gasteiger partial charge in [0.15, 0.2) is 11.6 Å². The zero-order chi connectivity index (χ0) is 37.0. The van der Waals surface area contributed by atoms with Crippen LogP contribution in [0.4, 0.5) is 4.39 Å². The first-order valence-electron chi connectivity index (χ1n) is 18.0. The lowest BCUT2D eigenvalue weighted by molar-refractivity contribution is -0.132. The number of carbonyl (C=O) groups excluding carboxylic acids is 3. The molecule has 280 valence electrons. The summed E-state index contributed by atoms with van der Waals surface area (Å²) in [5.41, 5.74) is -0.153. The van der Waals surface area contributed by atoms with Gasteiger partial charge in [0.25, 0.3) is 5.91 Å². The van der Waals surface area contributed by atoms with Crippen molar-refractivity contribution in [3.63, 3.8) is 0 Å². The minimum atomic E-state index is -3.93. The number of methoxy groups -OCH3 is 1. The molecule has 3 aromatic rings. The van der Waals surface area contributed by atoms with Crippen LogP contribution in [0.25, 0.3) is 21.6 Å². The zero-order valence-electron chi connectivity index (χ0n) is 29.7. The summed E-state index contributed by atoms with van der Waals surface area (Å²) in [6.45, 7) is 3.98. The molecule has 0 bridgehead atoms. The van der Waals surface area contributed by atoms with E-state index in [4.69, 9.17) is 9.47 Å². The Hall–Kier alpha value is -4.11. The summed E-state index contributed by atoms with van der Waals surface area (Å²) in [5, 5.41) is 7.89. The Bertz CT molecular complexity index is 1960. The molecule has 12 nitrogen and oxygen atoms in total. The number of pyridine rings is 1. The summed E-state index contributed by atoms with van der Waals surface area (Å²) in [6, 6.07) is 3.70. The van der Waals surface area contributed by atoms with E-state index in [0.29, 0.717) is 41.1 Å². The summed E-state index contributed by atoms with van der Waals surface area (Å²) < 4.78 is 55.4. The van der Waals surface area contributed by atoms with E-state index in [0.717, 1.165) is 37.8 Å². The highest BCUT2D eigenvalue weighted by atomic mass is 32.2. The van der Waals surface area contributed by atoms with Crippen LogP contribution < -0.4 is 24.8 Å². The number of benzene rings is 1. The average Bonchev–Trinajstić information content (AvgIpc) is 3.47. The van der Waals surface area contributed by atoms with Crippen LogP contribution in [0, 0.1) is 11.7 Å². The maximum absolute atomic E-state index is 15.6. The molecule has 3 aliphatic rings. The first-order valence-corrected chi connectivity index (χ1v) is 20.4. The van der Waals surface area contributed by atoms with Crippen molar-refractivity contribution in [1.82, 2.24) is 25.3 Å². The molecule has 2 saturated carbocycles. The van der Waals surface area contributed by atoms with Crippen LogP contribution in [0.3, 0.4) is 0 Å². The SMILES string of the molecule is COc1ccc2c(OCC[C@@H]3NC(=O)CCCCC/C=C\[C@@H]4C[C@@]4(C(=O)NS(=O)(=O)C4CCCC4)NC3=O)cc(-c3nc(C(C)C)cs3)nc2c1F. The summed E-state index contributed by atoms with van der Waals surface area (Å²) >= 11 is 1.38. The number of rotatable bonds is 10. The largest absolute Gasteiger partial charge is 0.494 e. The van der Waals surface area contributed by atoms with Crippen LogP contribution in [0.5, 0.6) is 11.5 Å². The maximum Gasteiger partial charge on any atom is 0.259 e. The fraction of sp³-hybridized carbons (Fsp3) is 0.541. The lowest BCUT2D eigenvalue weighted by Gasteiger charge is -2.24. The number of fused-ring (bicyclic) bond motifs is 2. The quantitative estimate of drug-likeness (QED) is 0.221. The van der Waals surface area contributed by atoms with E-state index < -0.39 is 50.4 Å². The lowest BCUT2D eigenvalue weighted by Crippen LogP contribution is -2.57. The molecule has 6 rings (SSSR count). The Morgan fingerprint density at radius 1 is 1.12 bits per heavy atom. The Kier molecular flexibility index (Phi) is 11.5. The number of ether oxygens (including phenoxy) is 2. The van der Waals surface area contributed by atoms with Gasteiger partial charge in [0, 0.05) is 35.6 Å². The van der Waals surface area contributed by atoms with E-state index in [1.807, 2.05) is 31.4 Å². The molecule has 3 amide bonds. The number of hydrogen-bond acceptors (Lipinski definition) is 10. The van der Waals surface area contributed by atoms with Gasteiger partial charge in [-0.3, -0.25) is 19.1 Å². The number of halogens is 1. The molecule has 0 radical (unpaired) electrons. The molecule has 0 unspecified atom stereocenters. The average molecular weight is 756 g/mol. The summed E-state index contributed by atoms with van der Waals surface area (Å²) in [6.07, 6.45) is 9.85. The van der Waals surface area contributed by atoms with Gasteiger partial charge in [0.2, 0.25) is 21.8 Å². The van der Waals surface area contributed by atoms with E-state index in [1.165, 1.54) is 24.5 Å². The van der Waals surface area contributed by atoms with Gasteiger partial charge in [-0.1, -0.05) is 45.3 Å². The van der Waals surface area contributed by atoms with Crippen molar-refractivity contribution in [3.05, 3.63) is 47.2 Å². The maximum atomic E-state index is 15.6. The molecule has 3 N–H and O–H groups in total. The van der Waals surface area contributed by atoms with Gasteiger partial charge >= 0.3 is 0 Å². The minimum Gasteiger partial charge on any atom is -0.494 e. The van der Waals surface area contributed by atoms with Crippen molar-refractivity contribution in [2.45, 2.75) is 107 Å². The highest BCUT2D eigenvalue weighted by molar-refractivity contribution is 7.90. The number of aromatic nitrogens is 2. The second-order valence-electron chi connectivity index (χ2n) is 14.2. The summed E-state index contributed by atoms with van der Waals surface area (Å²) in [5.74, 6) is -2.27. The van der Waals surface area contributed by atoms with Gasteiger partial charge < -0.3 is 20.1 Å². The molecular formula is C37H46FN5O7S2. The first kappa shape index (κ1) is 37.6. The van der Waals surface area contributed by atoms with Crippen molar-refractivity contribution < 1.29 is 36.7 Å². The molecule has 3 heterocycles.